The predicted molar refractivity (Wildman–Crippen MR) is 121 cm³/mol. The van der Waals surface area contributed by atoms with Crippen LogP contribution in [0.25, 0.3) is 0 Å². The van der Waals surface area contributed by atoms with E-state index in [4.69, 9.17) is 4.42 Å². The van der Waals surface area contributed by atoms with E-state index in [1.54, 1.807) is 11.0 Å². The van der Waals surface area contributed by atoms with Crippen molar-refractivity contribution in [2.24, 2.45) is 0 Å². The summed E-state index contributed by atoms with van der Waals surface area (Å²) in [5, 5.41) is 5.79. The van der Waals surface area contributed by atoms with Crippen molar-refractivity contribution in [2.45, 2.75) is 25.8 Å². The van der Waals surface area contributed by atoms with Gasteiger partial charge in [0.05, 0.1) is 17.8 Å². The number of carbonyl (C=O) groups excluding carboxylic acids is 3. The third kappa shape index (κ3) is 6.37. The number of benzene rings is 1. The summed E-state index contributed by atoms with van der Waals surface area (Å²) in [6.07, 6.45) is 2.90. The lowest BCUT2D eigenvalue weighted by Crippen LogP contribution is -2.47. The van der Waals surface area contributed by atoms with Crippen LogP contribution in [0.2, 0.25) is 0 Å². The van der Waals surface area contributed by atoms with E-state index in [0.29, 0.717) is 31.7 Å². The average Bonchev–Trinajstić information content (AvgIpc) is 3.14. The van der Waals surface area contributed by atoms with E-state index < -0.39 is 0 Å². The average molecular weight is 494 g/mol. The Bertz CT molecular complexity index is 909. The predicted octanol–water partition coefficient (Wildman–Crippen LogP) is 3.44. The minimum absolute atomic E-state index is 0.0157. The molecular formula is C21H24BrN3O4S. The van der Waals surface area contributed by atoms with Crippen LogP contribution in [0.1, 0.15) is 29.0 Å². The number of halogens is 1. The number of piperidine rings is 1. The Balaban J connectivity index is 1.34. The lowest BCUT2D eigenvalue weighted by molar-refractivity contribution is -0.129. The zero-order chi connectivity index (χ0) is 21.5. The Morgan fingerprint density at radius 3 is 2.63 bits per heavy atom. The van der Waals surface area contributed by atoms with Crippen molar-refractivity contribution in [1.82, 2.24) is 10.2 Å². The summed E-state index contributed by atoms with van der Waals surface area (Å²) in [7, 11) is 0. The molecule has 1 aliphatic rings. The zero-order valence-corrected chi connectivity index (χ0v) is 19.1. The highest BCUT2D eigenvalue weighted by atomic mass is 79.9. The fourth-order valence-electron chi connectivity index (χ4n) is 3.22. The molecule has 160 valence electrons. The van der Waals surface area contributed by atoms with Crippen molar-refractivity contribution in [3.05, 3.63) is 52.4 Å². The first-order chi connectivity index (χ1) is 14.4. The summed E-state index contributed by atoms with van der Waals surface area (Å²) in [5.74, 6) is 0.477. The van der Waals surface area contributed by atoms with Gasteiger partial charge in [-0.1, -0.05) is 22.0 Å². The van der Waals surface area contributed by atoms with Gasteiger partial charge in [0.1, 0.15) is 0 Å². The molecule has 1 aliphatic heterocycles. The van der Waals surface area contributed by atoms with Gasteiger partial charge in [0.2, 0.25) is 11.8 Å². The van der Waals surface area contributed by atoms with E-state index in [0.717, 1.165) is 15.7 Å². The number of anilines is 1. The van der Waals surface area contributed by atoms with Gasteiger partial charge in [0, 0.05) is 34.9 Å². The second-order valence-electron chi connectivity index (χ2n) is 7.11. The molecule has 3 amide bonds. The maximum Gasteiger partial charge on any atom is 0.287 e. The fourth-order valence-corrected chi connectivity index (χ4v) is 4.33. The molecule has 0 unspecified atom stereocenters. The monoisotopic (exact) mass is 493 g/mol. The Hall–Kier alpha value is -2.26. The Morgan fingerprint density at radius 1 is 1.20 bits per heavy atom. The second kappa shape index (κ2) is 10.7. The Morgan fingerprint density at radius 2 is 1.97 bits per heavy atom. The van der Waals surface area contributed by atoms with Crippen LogP contribution in [0.5, 0.6) is 0 Å². The first-order valence-corrected chi connectivity index (χ1v) is 11.6. The second-order valence-corrected chi connectivity index (χ2v) is 9.01. The van der Waals surface area contributed by atoms with Crippen LogP contribution < -0.4 is 10.6 Å². The highest BCUT2D eigenvalue weighted by Gasteiger charge is 2.25. The number of aryl methyl sites for hydroxylation is 1. The molecule has 30 heavy (non-hydrogen) atoms. The Kier molecular flexibility index (Phi) is 7.98. The van der Waals surface area contributed by atoms with E-state index in [-0.39, 0.29) is 35.3 Å². The Labute approximate surface area is 188 Å². The summed E-state index contributed by atoms with van der Waals surface area (Å²) in [4.78, 5) is 38.5. The molecule has 1 saturated heterocycles. The fraction of sp³-hybridized carbons (Fsp3) is 0.381. The van der Waals surface area contributed by atoms with E-state index in [2.05, 4.69) is 26.6 Å². The third-order valence-electron chi connectivity index (χ3n) is 4.82. The van der Waals surface area contributed by atoms with E-state index in [9.17, 15) is 14.4 Å². The van der Waals surface area contributed by atoms with Crippen LogP contribution in [-0.4, -0.2) is 53.3 Å². The molecule has 2 aromatic rings. The maximum absolute atomic E-state index is 12.4. The van der Waals surface area contributed by atoms with Crippen molar-refractivity contribution in [2.75, 3.05) is 29.9 Å². The molecule has 2 heterocycles. The van der Waals surface area contributed by atoms with Gasteiger partial charge in [-0.15, -0.1) is 11.8 Å². The van der Waals surface area contributed by atoms with Gasteiger partial charge in [0.15, 0.2) is 5.76 Å². The SMILES string of the molecule is Cc1ccoc1C(=O)NC1CCN(C(=O)CSCC(=O)Nc2cccc(Br)c2)CC1. The minimum atomic E-state index is -0.214. The maximum atomic E-state index is 12.4. The van der Waals surface area contributed by atoms with Crippen LogP contribution >= 0.6 is 27.7 Å². The number of thioether (sulfide) groups is 1. The highest BCUT2D eigenvalue weighted by molar-refractivity contribution is 9.10. The van der Waals surface area contributed by atoms with Gasteiger partial charge in [0.25, 0.3) is 5.91 Å². The molecular weight excluding hydrogens is 470 g/mol. The van der Waals surface area contributed by atoms with Gasteiger partial charge >= 0.3 is 0 Å². The normalized spacial score (nSPS) is 14.4. The summed E-state index contributed by atoms with van der Waals surface area (Å²) in [5.41, 5.74) is 1.52. The van der Waals surface area contributed by atoms with Crippen LogP contribution in [0.15, 0.2) is 45.5 Å². The first kappa shape index (κ1) is 22.4. The number of nitrogens with one attached hydrogen (secondary N) is 2. The number of nitrogens with zero attached hydrogens (tertiary/aromatic N) is 1. The highest BCUT2D eigenvalue weighted by Crippen LogP contribution is 2.17. The summed E-state index contributed by atoms with van der Waals surface area (Å²) in [6, 6.07) is 9.15. The molecule has 1 aromatic carbocycles. The lowest BCUT2D eigenvalue weighted by atomic mass is 10.0. The summed E-state index contributed by atoms with van der Waals surface area (Å²) in [6.45, 7) is 3.01. The van der Waals surface area contributed by atoms with Crippen molar-refractivity contribution < 1.29 is 18.8 Å². The van der Waals surface area contributed by atoms with Crippen molar-refractivity contribution in [1.29, 1.82) is 0 Å². The van der Waals surface area contributed by atoms with Crippen molar-refractivity contribution in [3.63, 3.8) is 0 Å². The number of likely N-dealkylation sites (tertiary alicyclic amines) is 1. The lowest BCUT2D eigenvalue weighted by Gasteiger charge is -2.32. The molecule has 3 rings (SSSR count). The van der Waals surface area contributed by atoms with Crippen molar-refractivity contribution in [3.8, 4) is 0 Å². The van der Waals surface area contributed by atoms with Gasteiger partial charge < -0.3 is 20.0 Å². The standard InChI is InChI=1S/C21H24BrN3O4S/c1-14-7-10-29-20(14)21(28)24-16-5-8-25(9-6-16)19(27)13-30-12-18(26)23-17-4-2-3-15(22)11-17/h2-4,7,10-11,16H,5-6,8-9,12-13H2,1H3,(H,23,26)(H,24,28). The van der Waals surface area contributed by atoms with E-state index in [1.807, 2.05) is 31.2 Å². The molecule has 0 saturated carbocycles. The van der Waals surface area contributed by atoms with Crippen LogP contribution in [0, 0.1) is 6.92 Å². The number of rotatable bonds is 7. The molecule has 0 atom stereocenters. The number of hydrogen-bond donors (Lipinski definition) is 2. The molecule has 0 aliphatic carbocycles. The molecule has 7 nitrogen and oxygen atoms in total. The molecule has 0 spiro atoms. The third-order valence-corrected chi connectivity index (χ3v) is 6.23. The van der Waals surface area contributed by atoms with E-state index >= 15 is 0 Å². The zero-order valence-electron chi connectivity index (χ0n) is 16.7. The van der Waals surface area contributed by atoms with E-state index in [1.165, 1.54) is 18.0 Å². The minimum Gasteiger partial charge on any atom is -0.459 e. The van der Waals surface area contributed by atoms with Crippen LogP contribution in [0.4, 0.5) is 5.69 Å². The number of carbonyl (C=O) groups is 3. The molecule has 9 heteroatoms. The smallest absolute Gasteiger partial charge is 0.287 e. The van der Waals surface area contributed by atoms with Crippen LogP contribution in [-0.2, 0) is 9.59 Å². The van der Waals surface area contributed by atoms with Gasteiger partial charge in [-0.3, -0.25) is 14.4 Å². The van der Waals surface area contributed by atoms with Gasteiger partial charge in [-0.2, -0.15) is 0 Å². The summed E-state index contributed by atoms with van der Waals surface area (Å²) >= 11 is 4.66. The topological polar surface area (TPSA) is 91.7 Å². The molecule has 1 fully saturated rings. The molecule has 0 radical (unpaired) electrons. The molecule has 1 aromatic heterocycles. The number of furan rings is 1. The largest absolute Gasteiger partial charge is 0.459 e. The van der Waals surface area contributed by atoms with Crippen LogP contribution in [0.3, 0.4) is 0 Å². The molecule has 2 N–H and O–H groups in total. The van der Waals surface area contributed by atoms with Gasteiger partial charge in [-0.25, -0.2) is 0 Å². The quantitative estimate of drug-likeness (QED) is 0.616. The summed E-state index contributed by atoms with van der Waals surface area (Å²) < 4.78 is 6.11. The molecule has 0 bridgehead atoms. The number of hydrogen-bond acceptors (Lipinski definition) is 5. The van der Waals surface area contributed by atoms with Crippen molar-refractivity contribution >= 4 is 51.1 Å². The number of amides is 3. The first-order valence-electron chi connectivity index (χ1n) is 9.68. The van der Waals surface area contributed by atoms with Gasteiger partial charge in [-0.05, 0) is 44.0 Å².